The standard InChI is InChI=1S/C51H82O17P2/c1-3-5-7-9-11-12-13-14-15-16-17-18-19-20-21-22-26-30-34-38-44(53)64-40-43(41-65-70(62,63)68-51-48(57)46(55)47(56)50(49(51)58)67-69(59,60)61)66-45(54)39-35-31-27-23-25-29-33-37-42(52)36-32-28-24-10-8-6-4-2/h11-12,14-15,17-18,20-21,23-24,26-30,32-33,36,42-43,46-52,55-58H,3-10,13,16,19,22,25,31,34-35,37-41H2,1-2H3,(H,62,63)(H2,59,60,61)/b12-11-,15-14-,18-17-,21-20-,27-23+,28-24-,30-26-,33-29-,36-32-/t42-,43+,46?,47?,48?,49?,50+,51-/m0/s1. The maximum Gasteiger partial charge on any atom is 0.472 e. The number of allylic oxidation sites excluding steroid dienone is 16. The predicted octanol–water partition coefficient (Wildman–Crippen LogP) is 8.70. The first-order valence-electron chi connectivity index (χ1n) is 24.5. The maximum absolute atomic E-state index is 13.0. The molecule has 0 radical (unpaired) electrons. The van der Waals surface area contributed by atoms with Gasteiger partial charge in [0.1, 0.15) is 43.2 Å². The lowest BCUT2D eigenvalue weighted by Crippen LogP contribution is -2.64. The zero-order chi connectivity index (χ0) is 51.9. The van der Waals surface area contributed by atoms with Crippen LogP contribution in [0.25, 0.3) is 0 Å². The molecule has 17 nitrogen and oxygen atoms in total. The third-order valence-electron chi connectivity index (χ3n) is 10.4. The second kappa shape index (κ2) is 40.1. The van der Waals surface area contributed by atoms with Gasteiger partial charge in [-0.3, -0.25) is 23.2 Å². The third kappa shape index (κ3) is 34.1. The predicted molar refractivity (Wildman–Crippen MR) is 270 cm³/mol. The molecule has 0 heterocycles. The monoisotopic (exact) mass is 1030 g/mol. The molecule has 70 heavy (non-hydrogen) atoms. The van der Waals surface area contributed by atoms with E-state index in [9.17, 15) is 58.9 Å². The Morgan fingerprint density at radius 3 is 1.56 bits per heavy atom. The zero-order valence-electron chi connectivity index (χ0n) is 41.0. The van der Waals surface area contributed by atoms with E-state index < -0.39 is 89.6 Å². The average Bonchev–Trinajstić information content (AvgIpc) is 3.31. The third-order valence-corrected chi connectivity index (χ3v) is 11.9. The number of carbonyl (C=O) groups is 2. The van der Waals surface area contributed by atoms with Gasteiger partial charge < -0.3 is 49.7 Å². The van der Waals surface area contributed by atoms with Crippen molar-refractivity contribution in [1.82, 2.24) is 0 Å². The molecule has 0 amide bonds. The molecule has 5 unspecified atom stereocenters. The number of phosphoric ester groups is 2. The first kappa shape index (κ1) is 64.6. The summed E-state index contributed by atoms with van der Waals surface area (Å²) < 4.78 is 49.2. The van der Waals surface area contributed by atoms with Crippen LogP contribution >= 0.6 is 15.6 Å². The summed E-state index contributed by atoms with van der Waals surface area (Å²) in [6, 6.07) is 0. The fourth-order valence-corrected chi connectivity index (χ4v) is 8.09. The van der Waals surface area contributed by atoms with Crippen LogP contribution in [0.2, 0.25) is 0 Å². The van der Waals surface area contributed by atoms with Crippen molar-refractivity contribution in [2.75, 3.05) is 13.2 Å². The molecule has 8 N–H and O–H groups in total. The number of carbonyl (C=O) groups excluding carboxylic acids is 2. The van der Waals surface area contributed by atoms with E-state index in [2.05, 4.69) is 60.9 Å². The van der Waals surface area contributed by atoms with E-state index in [4.69, 9.17) is 18.5 Å². The van der Waals surface area contributed by atoms with Crippen LogP contribution in [-0.4, -0.2) is 114 Å². The minimum absolute atomic E-state index is 0.0340. The van der Waals surface area contributed by atoms with Crippen LogP contribution in [0.5, 0.6) is 0 Å². The summed E-state index contributed by atoms with van der Waals surface area (Å²) in [5.74, 6) is -1.42. The largest absolute Gasteiger partial charge is 0.472 e. The average molecular weight is 1030 g/mol. The number of esters is 2. The summed E-state index contributed by atoms with van der Waals surface area (Å²) in [5.41, 5.74) is 0. The lowest BCUT2D eigenvalue weighted by Gasteiger charge is -2.43. The summed E-state index contributed by atoms with van der Waals surface area (Å²) >= 11 is 0. The van der Waals surface area contributed by atoms with Gasteiger partial charge in [0.15, 0.2) is 6.10 Å². The van der Waals surface area contributed by atoms with Crippen LogP contribution in [0.3, 0.4) is 0 Å². The fourth-order valence-electron chi connectivity index (χ4n) is 6.55. The van der Waals surface area contributed by atoms with E-state index >= 15 is 0 Å². The topological polar surface area (TPSA) is 276 Å². The van der Waals surface area contributed by atoms with Crippen LogP contribution in [0.15, 0.2) is 109 Å². The molecular formula is C51H82O17P2. The highest BCUT2D eigenvalue weighted by atomic mass is 31.2. The van der Waals surface area contributed by atoms with Gasteiger partial charge in [0.05, 0.1) is 12.7 Å². The maximum atomic E-state index is 13.0. The second-order valence-corrected chi connectivity index (χ2v) is 19.3. The Morgan fingerprint density at radius 1 is 0.529 bits per heavy atom. The van der Waals surface area contributed by atoms with Gasteiger partial charge in [-0.05, 0) is 83.5 Å². The second-order valence-electron chi connectivity index (χ2n) is 16.7. The van der Waals surface area contributed by atoms with Crippen molar-refractivity contribution in [3.8, 4) is 0 Å². The Kier molecular flexibility index (Phi) is 37.1. The van der Waals surface area contributed by atoms with Crippen molar-refractivity contribution in [3.63, 3.8) is 0 Å². The number of hydrogen-bond acceptors (Lipinski definition) is 14. The van der Waals surface area contributed by atoms with E-state index in [1.54, 1.807) is 6.08 Å². The van der Waals surface area contributed by atoms with E-state index in [-0.39, 0.29) is 12.8 Å². The van der Waals surface area contributed by atoms with Crippen molar-refractivity contribution in [2.24, 2.45) is 0 Å². The normalized spacial score (nSPS) is 22.4. The van der Waals surface area contributed by atoms with Gasteiger partial charge in [-0.2, -0.15) is 0 Å². The highest BCUT2D eigenvalue weighted by molar-refractivity contribution is 7.47. The van der Waals surface area contributed by atoms with Crippen molar-refractivity contribution < 1.29 is 82.0 Å². The molecule has 398 valence electrons. The Balaban J connectivity index is 2.70. The van der Waals surface area contributed by atoms with Crippen LogP contribution in [-0.2, 0) is 41.8 Å². The summed E-state index contributed by atoms with van der Waals surface area (Å²) in [6.45, 7) is 2.86. The van der Waals surface area contributed by atoms with Crippen molar-refractivity contribution in [3.05, 3.63) is 109 Å². The van der Waals surface area contributed by atoms with Crippen LogP contribution < -0.4 is 0 Å². The number of rotatable bonds is 39. The van der Waals surface area contributed by atoms with E-state index in [1.807, 2.05) is 60.8 Å². The van der Waals surface area contributed by atoms with E-state index in [1.165, 1.54) is 32.1 Å². The highest BCUT2D eigenvalue weighted by Crippen LogP contribution is 2.49. The van der Waals surface area contributed by atoms with E-state index in [0.717, 1.165) is 38.5 Å². The number of aliphatic hydroxyl groups excluding tert-OH is 5. The lowest BCUT2D eigenvalue weighted by molar-refractivity contribution is -0.216. The van der Waals surface area contributed by atoms with E-state index in [0.29, 0.717) is 38.5 Å². The molecule has 0 spiro atoms. The summed E-state index contributed by atoms with van der Waals surface area (Å²) in [5, 5.41) is 51.4. The molecule has 1 saturated carbocycles. The van der Waals surface area contributed by atoms with Crippen molar-refractivity contribution in [1.29, 1.82) is 0 Å². The quantitative estimate of drug-likeness (QED) is 0.00940. The molecule has 1 fully saturated rings. The SMILES string of the molecule is CCCCC/C=C\C=C/[C@H](O)C/C=C\C/C=C/CCCC(=O)O[C@H](COC(=O)CC/C=C\C/C=C\C/C=C\C/C=C\C/C=C\CCCCC)COP(=O)(O)O[C@H]1C(O)C(O)C(O)[C@@H](OP(=O)(O)O)C1O. The molecule has 1 rings (SSSR count). The molecular weight excluding hydrogens is 946 g/mol. The summed E-state index contributed by atoms with van der Waals surface area (Å²) in [7, 11) is -10.8. The minimum atomic E-state index is -5.39. The van der Waals surface area contributed by atoms with Gasteiger partial charge in [0.25, 0.3) is 0 Å². The first-order valence-corrected chi connectivity index (χ1v) is 27.6. The molecule has 0 aromatic heterocycles. The van der Waals surface area contributed by atoms with Crippen molar-refractivity contribution in [2.45, 2.75) is 185 Å². The number of unbranched alkanes of at least 4 members (excludes halogenated alkanes) is 7. The smallest absolute Gasteiger partial charge is 0.462 e. The van der Waals surface area contributed by atoms with Crippen LogP contribution in [0.4, 0.5) is 0 Å². The Bertz CT molecular complexity index is 1780. The molecule has 1 aliphatic carbocycles. The number of aliphatic hydroxyl groups is 5. The fraction of sp³-hybridized carbons (Fsp3) is 0.608. The van der Waals surface area contributed by atoms with Gasteiger partial charge >= 0.3 is 27.6 Å². The Labute approximate surface area is 415 Å². The Hall–Kier alpha value is -3.38. The Morgan fingerprint density at radius 2 is 1.01 bits per heavy atom. The number of hydrogen-bond donors (Lipinski definition) is 8. The summed E-state index contributed by atoms with van der Waals surface area (Å²) in [6.07, 6.45) is 35.1. The molecule has 0 aromatic rings. The van der Waals surface area contributed by atoms with Gasteiger partial charge in [-0.25, -0.2) is 9.13 Å². The molecule has 19 heteroatoms. The first-order chi connectivity index (χ1) is 33.5. The molecule has 1 aliphatic rings. The van der Waals surface area contributed by atoms with Gasteiger partial charge in [0, 0.05) is 12.8 Å². The minimum Gasteiger partial charge on any atom is -0.462 e. The van der Waals surface area contributed by atoms with Gasteiger partial charge in [0.2, 0.25) is 0 Å². The molecule has 0 aromatic carbocycles. The van der Waals surface area contributed by atoms with Crippen LogP contribution in [0.1, 0.15) is 136 Å². The molecule has 0 saturated heterocycles. The molecule has 9 atom stereocenters. The van der Waals surface area contributed by atoms with Crippen molar-refractivity contribution >= 4 is 27.6 Å². The lowest BCUT2D eigenvalue weighted by atomic mass is 9.85. The zero-order valence-corrected chi connectivity index (χ0v) is 42.8. The van der Waals surface area contributed by atoms with Crippen LogP contribution in [0, 0.1) is 0 Å². The molecule has 0 aliphatic heterocycles. The number of ether oxygens (including phenoxy) is 2. The summed E-state index contributed by atoms with van der Waals surface area (Å²) in [4.78, 5) is 54.3. The highest BCUT2D eigenvalue weighted by Gasteiger charge is 2.54. The number of phosphoric acid groups is 2. The van der Waals surface area contributed by atoms with Gasteiger partial charge in [-0.1, -0.05) is 149 Å². The molecule has 0 bridgehead atoms. The van der Waals surface area contributed by atoms with Gasteiger partial charge in [-0.15, -0.1) is 0 Å².